The molecule has 0 unspecified atom stereocenters. The molecule has 22 heavy (non-hydrogen) atoms. The van der Waals surface area contributed by atoms with E-state index in [9.17, 15) is 0 Å². The number of hydrogen-bond acceptors (Lipinski definition) is 2. The molecule has 3 heteroatoms. The molecule has 4 bridgehead atoms. The number of hydrogen-bond donors (Lipinski definition) is 0. The highest BCUT2D eigenvalue weighted by atomic mass is 16.5. The van der Waals surface area contributed by atoms with Crippen LogP contribution in [0.2, 0.25) is 0 Å². The van der Waals surface area contributed by atoms with Crippen LogP contribution < -0.4 is 0 Å². The lowest BCUT2D eigenvalue weighted by molar-refractivity contribution is -0.144. The molecule has 5 atom stereocenters. The van der Waals surface area contributed by atoms with Gasteiger partial charge in [0, 0.05) is 35.0 Å². The first-order valence-electron chi connectivity index (χ1n) is 8.59. The summed E-state index contributed by atoms with van der Waals surface area (Å²) in [6.45, 7) is 6.70. The van der Waals surface area contributed by atoms with E-state index in [0.29, 0.717) is 24.1 Å². The summed E-state index contributed by atoms with van der Waals surface area (Å²) in [4.78, 5) is 2.55. The number of ether oxygens (including phenoxy) is 1. The topological polar surface area (TPSA) is 17.4 Å². The fourth-order valence-corrected chi connectivity index (χ4v) is 5.58. The standard InChI is InChI=1S/C19H24N2O/c1-11-13-6-4-5-7-16(13)21-18(11)15-10-22-12(2)17-14(15)8-9-20(3)19(17)21/h4-7,12,14-15,17,19H,8-10H2,1-3H3/t12-,14-,15-,17+,19+/m1/s1. The van der Waals surface area contributed by atoms with E-state index >= 15 is 0 Å². The SMILES string of the molecule is Cc1c2n(c3ccccc13)[C@H]1[C@@H]3[C@H](CCN1C)[C@H]2CO[C@@H]3C. The second kappa shape index (κ2) is 4.36. The Labute approximate surface area is 131 Å². The van der Waals surface area contributed by atoms with E-state index in [1.807, 2.05) is 0 Å². The van der Waals surface area contributed by atoms with Crippen molar-refractivity contribution in [3.05, 3.63) is 35.5 Å². The molecule has 0 radical (unpaired) electrons. The normalized spacial score (nSPS) is 37.3. The quantitative estimate of drug-likeness (QED) is 0.740. The summed E-state index contributed by atoms with van der Waals surface area (Å²) in [6, 6.07) is 8.94. The van der Waals surface area contributed by atoms with Gasteiger partial charge >= 0.3 is 0 Å². The van der Waals surface area contributed by atoms with Crippen molar-refractivity contribution in [3.8, 4) is 0 Å². The zero-order valence-corrected chi connectivity index (χ0v) is 13.6. The van der Waals surface area contributed by atoms with Gasteiger partial charge in [-0.25, -0.2) is 0 Å². The van der Waals surface area contributed by atoms with Gasteiger partial charge in [0.25, 0.3) is 0 Å². The van der Waals surface area contributed by atoms with E-state index in [1.165, 1.54) is 29.4 Å². The molecule has 2 saturated heterocycles. The Bertz CT molecular complexity index is 749. The largest absolute Gasteiger partial charge is 0.377 e. The van der Waals surface area contributed by atoms with Gasteiger partial charge in [0.2, 0.25) is 0 Å². The highest BCUT2D eigenvalue weighted by molar-refractivity contribution is 5.86. The molecule has 2 fully saturated rings. The van der Waals surface area contributed by atoms with Gasteiger partial charge in [-0.3, -0.25) is 4.90 Å². The number of piperidine rings is 1. The Morgan fingerprint density at radius 3 is 2.91 bits per heavy atom. The van der Waals surface area contributed by atoms with Crippen LogP contribution in [-0.4, -0.2) is 35.8 Å². The average molecular weight is 296 g/mol. The van der Waals surface area contributed by atoms with Crippen molar-refractivity contribution in [1.29, 1.82) is 0 Å². The lowest BCUT2D eigenvalue weighted by Crippen LogP contribution is -2.57. The minimum absolute atomic E-state index is 0.364. The van der Waals surface area contributed by atoms with E-state index in [0.717, 1.165) is 12.5 Å². The number of aryl methyl sites for hydroxylation is 1. The molecule has 5 rings (SSSR count). The van der Waals surface area contributed by atoms with Crippen molar-refractivity contribution < 1.29 is 4.74 Å². The van der Waals surface area contributed by atoms with Crippen molar-refractivity contribution in [2.75, 3.05) is 20.2 Å². The number of aromatic nitrogens is 1. The molecular weight excluding hydrogens is 272 g/mol. The molecule has 0 N–H and O–H groups in total. The van der Waals surface area contributed by atoms with Crippen LogP contribution in [0, 0.1) is 18.8 Å². The van der Waals surface area contributed by atoms with Crippen LogP contribution in [-0.2, 0) is 4.74 Å². The Hall–Kier alpha value is -1.32. The molecular formula is C19H24N2O. The fourth-order valence-electron chi connectivity index (χ4n) is 5.58. The van der Waals surface area contributed by atoms with Gasteiger partial charge < -0.3 is 9.30 Å². The third kappa shape index (κ3) is 1.44. The van der Waals surface area contributed by atoms with Crippen LogP contribution >= 0.6 is 0 Å². The van der Waals surface area contributed by atoms with Crippen molar-refractivity contribution in [2.45, 2.75) is 38.5 Å². The van der Waals surface area contributed by atoms with Crippen molar-refractivity contribution in [1.82, 2.24) is 9.47 Å². The number of para-hydroxylation sites is 1. The molecule has 0 spiro atoms. The zero-order valence-electron chi connectivity index (χ0n) is 13.6. The summed E-state index contributed by atoms with van der Waals surface area (Å²) in [5.74, 6) is 2.00. The van der Waals surface area contributed by atoms with Crippen molar-refractivity contribution in [2.24, 2.45) is 11.8 Å². The first kappa shape index (κ1) is 13.1. The van der Waals surface area contributed by atoms with Gasteiger partial charge in [0.1, 0.15) is 0 Å². The first-order valence-corrected chi connectivity index (χ1v) is 8.59. The molecule has 3 aliphatic rings. The van der Waals surface area contributed by atoms with Gasteiger partial charge in [0.05, 0.1) is 18.9 Å². The molecule has 1 aromatic carbocycles. The third-order valence-electron chi connectivity index (χ3n) is 6.53. The van der Waals surface area contributed by atoms with Crippen LogP contribution in [0.3, 0.4) is 0 Å². The van der Waals surface area contributed by atoms with E-state index in [-0.39, 0.29) is 0 Å². The molecule has 0 saturated carbocycles. The number of benzene rings is 1. The summed E-state index contributed by atoms with van der Waals surface area (Å²) in [5.41, 5.74) is 4.43. The summed E-state index contributed by atoms with van der Waals surface area (Å²) >= 11 is 0. The second-order valence-corrected chi connectivity index (χ2v) is 7.47. The maximum Gasteiger partial charge on any atom is 0.0921 e. The minimum atomic E-state index is 0.364. The van der Waals surface area contributed by atoms with Crippen LogP contribution in [0.15, 0.2) is 24.3 Å². The Kier molecular flexibility index (Phi) is 2.61. The lowest BCUT2D eigenvalue weighted by atomic mass is 9.67. The average Bonchev–Trinajstić information content (AvgIpc) is 2.81. The third-order valence-corrected chi connectivity index (χ3v) is 6.53. The van der Waals surface area contributed by atoms with Crippen LogP contribution in [0.25, 0.3) is 10.9 Å². The molecule has 116 valence electrons. The van der Waals surface area contributed by atoms with Gasteiger partial charge in [-0.2, -0.15) is 0 Å². The van der Waals surface area contributed by atoms with E-state index < -0.39 is 0 Å². The smallest absolute Gasteiger partial charge is 0.0921 e. The van der Waals surface area contributed by atoms with Gasteiger partial charge in [-0.1, -0.05) is 18.2 Å². The van der Waals surface area contributed by atoms with Crippen molar-refractivity contribution in [3.63, 3.8) is 0 Å². The van der Waals surface area contributed by atoms with E-state index in [2.05, 4.69) is 54.6 Å². The van der Waals surface area contributed by atoms with Crippen LogP contribution in [0.5, 0.6) is 0 Å². The molecule has 4 heterocycles. The van der Waals surface area contributed by atoms with Crippen LogP contribution in [0.1, 0.15) is 36.7 Å². The van der Waals surface area contributed by atoms with Crippen molar-refractivity contribution >= 4 is 10.9 Å². The fraction of sp³-hybridized carbons (Fsp3) is 0.579. The number of fused-ring (bicyclic) bond motifs is 5. The minimum Gasteiger partial charge on any atom is -0.377 e. The summed E-state index contributed by atoms with van der Waals surface area (Å²) in [7, 11) is 2.29. The molecule has 0 aliphatic carbocycles. The second-order valence-electron chi connectivity index (χ2n) is 7.47. The highest BCUT2D eigenvalue weighted by Gasteiger charge is 2.53. The van der Waals surface area contributed by atoms with E-state index in [4.69, 9.17) is 4.74 Å². The van der Waals surface area contributed by atoms with Crippen LogP contribution in [0.4, 0.5) is 0 Å². The molecule has 0 amide bonds. The van der Waals surface area contributed by atoms with Gasteiger partial charge in [-0.15, -0.1) is 0 Å². The summed E-state index contributed by atoms with van der Waals surface area (Å²) < 4.78 is 8.86. The first-order chi connectivity index (χ1) is 10.7. The summed E-state index contributed by atoms with van der Waals surface area (Å²) in [5, 5.41) is 1.43. The maximum absolute atomic E-state index is 6.20. The molecule has 2 aromatic rings. The monoisotopic (exact) mass is 296 g/mol. The number of rotatable bonds is 0. The molecule has 3 aliphatic heterocycles. The molecule has 3 nitrogen and oxygen atoms in total. The van der Waals surface area contributed by atoms with E-state index in [1.54, 1.807) is 5.69 Å². The number of likely N-dealkylation sites (tertiary alicyclic amines) is 1. The molecule has 1 aromatic heterocycles. The Morgan fingerprint density at radius 2 is 2.05 bits per heavy atom. The lowest BCUT2D eigenvalue weighted by Gasteiger charge is -2.56. The predicted octanol–water partition coefficient (Wildman–Crippen LogP) is 3.53. The summed E-state index contributed by atoms with van der Waals surface area (Å²) in [6.07, 6.45) is 2.14. The number of nitrogens with zero attached hydrogens (tertiary/aromatic N) is 2. The predicted molar refractivity (Wildman–Crippen MR) is 88.1 cm³/mol. The Balaban J connectivity index is 1.86. The Morgan fingerprint density at radius 1 is 1.23 bits per heavy atom. The van der Waals surface area contributed by atoms with Gasteiger partial charge in [-0.05, 0) is 44.9 Å². The highest BCUT2D eigenvalue weighted by Crippen LogP contribution is 2.55. The maximum atomic E-state index is 6.20. The zero-order chi connectivity index (χ0) is 15.0. The van der Waals surface area contributed by atoms with Gasteiger partial charge in [0.15, 0.2) is 0 Å².